The first-order valence-electron chi connectivity index (χ1n) is 6.79. The Morgan fingerprint density at radius 2 is 1.33 bits per heavy atom. The molecule has 0 aromatic carbocycles. The Balaban J connectivity index is 0. The summed E-state index contributed by atoms with van der Waals surface area (Å²) in [7, 11) is 3.94. The maximum absolute atomic E-state index is 3.08. The lowest BCUT2D eigenvalue weighted by Crippen LogP contribution is -2.01. The SMILES string of the molecule is CCCCCCCCCC[SiH2][SiH2][SiH3].[SiH3]Br. The zero-order valence-electron chi connectivity index (χ0n) is 11.2. The van der Waals surface area contributed by atoms with Crippen LogP contribution in [0.2, 0.25) is 6.04 Å². The van der Waals surface area contributed by atoms with Crippen LogP contribution in [0.25, 0.3) is 0 Å². The average molecular weight is 344 g/mol. The summed E-state index contributed by atoms with van der Waals surface area (Å²) in [5.41, 5.74) is 0. The lowest BCUT2D eigenvalue weighted by molar-refractivity contribution is 0.585. The van der Waals surface area contributed by atoms with E-state index in [1.807, 2.05) is 0 Å². The molecule has 0 bridgehead atoms. The first-order valence-corrected chi connectivity index (χ1v) is 23.0. The molecule has 0 heterocycles. The van der Waals surface area contributed by atoms with E-state index in [9.17, 15) is 0 Å². The first-order chi connectivity index (χ1) is 7.41. The minimum Gasteiger partial charge on any atom is -0.140 e. The van der Waals surface area contributed by atoms with Gasteiger partial charge in [-0.05, 0) is 18.3 Å². The largest absolute Gasteiger partial charge is 0.140 e. The number of rotatable bonds is 10. The maximum Gasteiger partial charge on any atom is 0.0825 e. The Labute approximate surface area is 115 Å². The van der Waals surface area contributed by atoms with Crippen LogP contribution < -0.4 is 0 Å². The molecule has 0 aliphatic carbocycles. The zero-order valence-corrected chi connectivity index (χ0v) is 19.6. The highest BCUT2D eigenvalue weighted by molar-refractivity contribution is 9.22. The number of hydrogen-bond donors (Lipinski definition) is 0. The Morgan fingerprint density at radius 3 is 1.80 bits per heavy atom. The highest BCUT2D eigenvalue weighted by Gasteiger charge is 1.91. The average Bonchev–Trinajstić information content (AvgIpc) is 2.30. The van der Waals surface area contributed by atoms with Gasteiger partial charge in [-0.2, -0.15) is 0 Å². The molecule has 0 saturated carbocycles. The fraction of sp³-hybridized carbons (Fsp3) is 1.00. The summed E-state index contributed by atoms with van der Waals surface area (Å²) in [6, 6.07) is 1.70. The van der Waals surface area contributed by atoms with Crippen molar-refractivity contribution in [1.82, 2.24) is 0 Å². The highest BCUT2D eigenvalue weighted by atomic mass is 79.9. The summed E-state index contributed by atoms with van der Waals surface area (Å²) in [5, 5.41) is 0. The molecule has 0 N–H and O–H groups in total. The minimum atomic E-state index is 0.575. The summed E-state index contributed by atoms with van der Waals surface area (Å²) in [6.07, 6.45) is 12.0. The van der Waals surface area contributed by atoms with Gasteiger partial charge >= 0.3 is 0 Å². The quantitative estimate of drug-likeness (QED) is 0.312. The van der Waals surface area contributed by atoms with E-state index in [1.54, 1.807) is 28.6 Å². The van der Waals surface area contributed by atoms with Crippen molar-refractivity contribution < 1.29 is 0 Å². The summed E-state index contributed by atoms with van der Waals surface area (Å²) >= 11 is 3.08. The van der Waals surface area contributed by atoms with E-state index in [2.05, 4.69) is 22.2 Å². The van der Waals surface area contributed by atoms with Gasteiger partial charge < -0.3 is 0 Å². The topological polar surface area (TPSA) is 0 Å². The van der Waals surface area contributed by atoms with Crippen LogP contribution in [-0.4, -0.2) is 36.2 Å². The molecule has 0 fully saturated rings. The molecule has 0 atom stereocenters. The molecule has 0 unspecified atom stereocenters. The molecule has 0 spiro atoms. The van der Waals surface area contributed by atoms with Crippen LogP contribution in [0.1, 0.15) is 58.3 Å². The molecular formula is C10H31BrSi4. The molecule has 0 amide bonds. The molecule has 0 saturated heterocycles. The number of unbranched alkanes of at least 4 members (excludes halogenated alkanes) is 7. The summed E-state index contributed by atoms with van der Waals surface area (Å²) in [6.45, 7) is 2.29. The van der Waals surface area contributed by atoms with Gasteiger partial charge in [-0.15, -0.1) is 15.3 Å². The van der Waals surface area contributed by atoms with E-state index in [-0.39, 0.29) is 0 Å². The maximum atomic E-state index is 3.08. The second-order valence-electron chi connectivity index (χ2n) is 4.18. The Kier molecular flexibility index (Phi) is 25.8. The monoisotopic (exact) mass is 342 g/mol. The van der Waals surface area contributed by atoms with Gasteiger partial charge in [-0.3, -0.25) is 0 Å². The van der Waals surface area contributed by atoms with E-state index in [0.717, 1.165) is 8.86 Å². The van der Waals surface area contributed by atoms with Crippen molar-refractivity contribution in [3.05, 3.63) is 0 Å². The third kappa shape index (κ3) is 21.2. The summed E-state index contributed by atoms with van der Waals surface area (Å²) in [5.74, 6) is 0. The second-order valence-corrected chi connectivity index (χ2v) is 20.7. The normalized spacial score (nSPS) is 11.6. The molecule has 0 aliphatic rings. The van der Waals surface area contributed by atoms with Gasteiger partial charge in [0.1, 0.15) is 0 Å². The van der Waals surface area contributed by atoms with Gasteiger partial charge in [0.15, 0.2) is 0 Å². The van der Waals surface area contributed by atoms with Gasteiger partial charge in [0, 0.05) is 9.04 Å². The van der Waals surface area contributed by atoms with E-state index >= 15 is 0 Å². The van der Waals surface area contributed by atoms with E-state index < -0.39 is 0 Å². The lowest BCUT2D eigenvalue weighted by Gasteiger charge is -2.00. The van der Waals surface area contributed by atoms with Crippen molar-refractivity contribution in [2.75, 3.05) is 0 Å². The molecule has 0 aromatic rings. The van der Waals surface area contributed by atoms with Gasteiger partial charge in [-0.1, -0.05) is 64.3 Å². The van der Waals surface area contributed by atoms with Gasteiger partial charge in [0.05, 0.1) is 8.86 Å². The van der Waals surface area contributed by atoms with Crippen molar-refractivity contribution >= 4 is 51.5 Å². The first kappa shape index (κ1) is 18.7. The third-order valence-electron chi connectivity index (χ3n) is 2.71. The van der Waals surface area contributed by atoms with Crippen LogP contribution in [0.5, 0.6) is 0 Å². The van der Waals surface area contributed by atoms with Crippen LogP contribution in [0.4, 0.5) is 0 Å². The van der Waals surface area contributed by atoms with Crippen LogP contribution in [-0.2, 0) is 0 Å². The molecule has 0 aliphatic heterocycles. The fourth-order valence-electron chi connectivity index (χ4n) is 1.74. The van der Waals surface area contributed by atoms with E-state index in [1.165, 1.54) is 38.5 Å². The summed E-state index contributed by atoms with van der Waals surface area (Å²) in [4.78, 5) is 0. The molecule has 0 aromatic heterocycles. The lowest BCUT2D eigenvalue weighted by atomic mass is 10.1. The molecule has 94 valence electrons. The zero-order chi connectivity index (χ0) is 11.8. The number of hydrogen-bond acceptors (Lipinski definition) is 0. The van der Waals surface area contributed by atoms with Crippen molar-refractivity contribution in [2.45, 2.75) is 64.3 Å². The van der Waals surface area contributed by atoms with Gasteiger partial charge in [0.2, 0.25) is 0 Å². The van der Waals surface area contributed by atoms with E-state index in [4.69, 9.17) is 0 Å². The minimum absolute atomic E-state index is 0.575. The fourth-order valence-corrected chi connectivity index (χ4v) is 10.0. The molecule has 5 heteroatoms. The van der Waals surface area contributed by atoms with Crippen molar-refractivity contribution in [2.24, 2.45) is 0 Å². The van der Waals surface area contributed by atoms with Crippen molar-refractivity contribution in [1.29, 1.82) is 0 Å². The molecule has 0 rings (SSSR count). The van der Waals surface area contributed by atoms with Gasteiger partial charge in [0.25, 0.3) is 0 Å². The Morgan fingerprint density at radius 1 is 0.867 bits per heavy atom. The standard InChI is InChI=1S/C10H28Si3.BrH3Si/c1-2-3-4-5-6-7-8-9-10-12-13-11;1-2/h2-10,12-13H2,1,11H3;2H3. The highest BCUT2D eigenvalue weighted by Crippen LogP contribution is 2.09. The van der Waals surface area contributed by atoms with Crippen LogP contribution >= 0.6 is 15.3 Å². The van der Waals surface area contributed by atoms with E-state index in [0.29, 0.717) is 17.6 Å². The van der Waals surface area contributed by atoms with Gasteiger partial charge in [-0.25, -0.2) is 0 Å². The predicted molar refractivity (Wildman–Crippen MR) is 93.3 cm³/mol. The van der Waals surface area contributed by atoms with Crippen LogP contribution in [0, 0.1) is 0 Å². The second kappa shape index (κ2) is 20.7. The van der Waals surface area contributed by atoms with Crippen molar-refractivity contribution in [3.63, 3.8) is 0 Å². The molecule has 15 heavy (non-hydrogen) atoms. The third-order valence-corrected chi connectivity index (χ3v) is 14.4. The molecule has 0 nitrogen and oxygen atoms in total. The molecule has 0 radical (unpaired) electrons. The predicted octanol–water partition coefficient (Wildman–Crippen LogP) is 0.740. The summed E-state index contributed by atoms with van der Waals surface area (Å²) < 4.78 is 0. The van der Waals surface area contributed by atoms with Crippen LogP contribution in [0.15, 0.2) is 0 Å². The smallest absolute Gasteiger partial charge is 0.0825 e. The Bertz CT molecular complexity index is 83.5. The van der Waals surface area contributed by atoms with Crippen LogP contribution in [0.3, 0.4) is 0 Å². The Hall–Kier alpha value is 1.35. The number of halogens is 1. The van der Waals surface area contributed by atoms with Crippen molar-refractivity contribution in [3.8, 4) is 0 Å². The molecular weight excluding hydrogens is 312 g/mol.